The highest BCUT2D eigenvalue weighted by atomic mass is 79.9. The van der Waals surface area contributed by atoms with Crippen LogP contribution in [-0.4, -0.2) is 9.38 Å². The first-order chi connectivity index (χ1) is 7.49. The maximum atomic E-state index is 4.69. The van der Waals surface area contributed by atoms with Gasteiger partial charge in [0.05, 0.1) is 5.69 Å². The van der Waals surface area contributed by atoms with Crippen LogP contribution in [0.4, 0.5) is 0 Å². The summed E-state index contributed by atoms with van der Waals surface area (Å²) in [4.78, 5) is 7.18. The maximum absolute atomic E-state index is 4.69. The molecule has 4 heteroatoms. The van der Waals surface area contributed by atoms with Crippen molar-refractivity contribution in [3.8, 4) is 0 Å². The van der Waals surface area contributed by atoms with Crippen molar-refractivity contribution in [2.75, 3.05) is 0 Å². The molecule has 0 amide bonds. The van der Waals surface area contributed by atoms with Gasteiger partial charge in [-0.3, -0.25) is 4.40 Å². The molecule has 0 fully saturated rings. The molecule has 0 spiro atoms. The highest BCUT2D eigenvalue weighted by Crippen LogP contribution is 2.30. The lowest BCUT2D eigenvalue weighted by molar-refractivity contribution is 0.636. The highest BCUT2D eigenvalue weighted by Gasteiger charge is 2.14. The average molecular weight is 301 g/mol. The van der Waals surface area contributed by atoms with Gasteiger partial charge in [0, 0.05) is 11.1 Å². The first-order valence-electron chi connectivity index (χ1n) is 5.65. The second kappa shape index (κ2) is 4.49. The van der Waals surface area contributed by atoms with Crippen LogP contribution in [0.2, 0.25) is 0 Å². The van der Waals surface area contributed by atoms with E-state index in [9.17, 15) is 0 Å². The summed E-state index contributed by atoms with van der Waals surface area (Å²) in [6, 6.07) is 0. The third-order valence-electron chi connectivity index (χ3n) is 2.52. The van der Waals surface area contributed by atoms with E-state index in [2.05, 4.69) is 54.2 Å². The van der Waals surface area contributed by atoms with Crippen molar-refractivity contribution in [3.05, 3.63) is 21.4 Å². The van der Waals surface area contributed by atoms with Gasteiger partial charge in [0.1, 0.15) is 4.60 Å². The highest BCUT2D eigenvalue weighted by molar-refractivity contribution is 9.10. The van der Waals surface area contributed by atoms with Crippen LogP contribution >= 0.6 is 27.3 Å². The Bertz CT molecular complexity index is 496. The molecule has 2 aromatic rings. The number of fused-ring (bicyclic) bond motifs is 1. The molecular formula is C12H17BrN2S. The van der Waals surface area contributed by atoms with Crippen LogP contribution in [0.1, 0.15) is 44.2 Å². The SMILES string of the molecule is CC(C)Cc1nc2sc(C(C)C)cn2c1Br. The Morgan fingerprint density at radius 2 is 2.06 bits per heavy atom. The van der Waals surface area contributed by atoms with Gasteiger partial charge in [0.2, 0.25) is 0 Å². The fourth-order valence-corrected chi connectivity index (χ4v) is 3.31. The molecule has 2 aromatic heterocycles. The molecule has 0 N–H and O–H groups in total. The summed E-state index contributed by atoms with van der Waals surface area (Å²) < 4.78 is 3.29. The van der Waals surface area contributed by atoms with Crippen LogP contribution in [0.25, 0.3) is 4.96 Å². The molecule has 0 radical (unpaired) electrons. The molecule has 0 aliphatic rings. The predicted octanol–water partition coefficient (Wildman–Crippen LogP) is 4.48. The summed E-state index contributed by atoms with van der Waals surface area (Å²) in [6.07, 6.45) is 3.23. The van der Waals surface area contributed by atoms with Crippen molar-refractivity contribution in [1.82, 2.24) is 9.38 Å². The Balaban J connectivity index is 2.43. The molecule has 88 valence electrons. The maximum Gasteiger partial charge on any atom is 0.195 e. The Labute approximate surface area is 109 Å². The fourth-order valence-electron chi connectivity index (χ4n) is 1.66. The second-order valence-electron chi connectivity index (χ2n) is 4.89. The predicted molar refractivity (Wildman–Crippen MR) is 73.4 cm³/mol. The Morgan fingerprint density at radius 1 is 1.38 bits per heavy atom. The van der Waals surface area contributed by atoms with Crippen LogP contribution in [0, 0.1) is 5.92 Å². The molecule has 0 aliphatic heterocycles. The minimum Gasteiger partial charge on any atom is -0.284 e. The zero-order valence-electron chi connectivity index (χ0n) is 10.1. The van der Waals surface area contributed by atoms with Crippen molar-refractivity contribution in [3.63, 3.8) is 0 Å². The standard InChI is InChI=1S/C12H17BrN2S/c1-7(2)5-9-11(13)15-6-10(8(3)4)16-12(15)14-9/h6-8H,5H2,1-4H3. The average Bonchev–Trinajstić information content (AvgIpc) is 2.68. The minimum atomic E-state index is 0.576. The lowest BCUT2D eigenvalue weighted by Crippen LogP contribution is -1.95. The topological polar surface area (TPSA) is 17.3 Å². The Hall–Kier alpha value is -0.350. The molecule has 2 nitrogen and oxygen atoms in total. The first kappa shape index (κ1) is 12.1. The third-order valence-corrected chi connectivity index (χ3v) is 4.65. The van der Waals surface area contributed by atoms with E-state index in [0.29, 0.717) is 11.8 Å². The molecule has 0 bridgehead atoms. The lowest BCUT2D eigenvalue weighted by Gasteiger charge is -2.01. The van der Waals surface area contributed by atoms with Gasteiger partial charge < -0.3 is 0 Å². The van der Waals surface area contributed by atoms with Crippen LogP contribution in [-0.2, 0) is 6.42 Å². The first-order valence-corrected chi connectivity index (χ1v) is 7.26. The van der Waals surface area contributed by atoms with Crippen LogP contribution < -0.4 is 0 Å². The van der Waals surface area contributed by atoms with Crippen molar-refractivity contribution >= 4 is 32.2 Å². The molecule has 2 rings (SSSR count). The zero-order chi connectivity index (χ0) is 11.9. The van der Waals surface area contributed by atoms with Gasteiger partial charge in [-0.25, -0.2) is 4.98 Å². The number of imidazole rings is 1. The molecule has 0 saturated carbocycles. The van der Waals surface area contributed by atoms with Gasteiger partial charge in [-0.05, 0) is 34.2 Å². The molecule has 0 aromatic carbocycles. The van der Waals surface area contributed by atoms with Crippen LogP contribution in [0.3, 0.4) is 0 Å². The second-order valence-corrected chi connectivity index (χ2v) is 6.68. The van der Waals surface area contributed by atoms with Crippen molar-refractivity contribution in [2.24, 2.45) is 5.92 Å². The van der Waals surface area contributed by atoms with Crippen molar-refractivity contribution < 1.29 is 0 Å². The molecule has 0 unspecified atom stereocenters. The molecular weight excluding hydrogens is 284 g/mol. The van der Waals surface area contributed by atoms with Crippen LogP contribution in [0.15, 0.2) is 10.8 Å². The number of halogens is 1. The van der Waals surface area contributed by atoms with E-state index in [-0.39, 0.29) is 0 Å². The lowest BCUT2D eigenvalue weighted by atomic mass is 10.1. The quantitative estimate of drug-likeness (QED) is 0.817. The van der Waals surface area contributed by atoms with Gasteiger partial charge in [-0.1, -0.05) is 27.7 Å². The number of rotatable bonds is 3. The van der Waals surface area contributed by atoms with Crippen molar-refractivity contribution in [2.45, 2.75) is 40.0 Å². The van der Waals surface area contributed by atoms with E-state index in [4.69, 9.17) is 4.98 Å². The largest absolute Gasteiger partial charge is 0.284 e. The monoisotopic (exact) mass is 300 g/mol. The fraction of sp³-hybridized carbons (Fsp3) is 0.583. The van der Waals surface area contributed by atoms with Gasteiger partial charge in [0.25, 0.3) is 0 Å². The zero-order valence-corrected chi connectivity index (χ0v) is 12.5. The summed E-state index contributed by atoms with van der Waals surface area (Å²) in [6.45, 7) is 8.88. The van der Waals surface area contributed by atoms with E-state index in [0.717, 1.165) is 16.0 Å². The van der Waals surface area contributed by atoms with E-state index in [1.54, 1.807) is 11.3 Å². The summed E-state index contributed by atoms with van der Waals surface area (Å²) >= 11 is 5.44. The summed E-state index contributed by atoms with van der Waals surface area (Å²) in [5, 5.41) is 0. The third kappa shape index (κ3) is 2.18. The van der Waals surface area contributed by atoms with Gasteiger partial charge in [0.15, 0.2) is 4.96 Å². The van der Waals surface area contributed by atoms with E-state index in [1.807, 2.05) is 0 Å². The van der Waals surface area contributed by atoms with Gasteiger partial charge >= 0.3 is 0 Å². The molecule has 0 aliphatic carbocycles. The number of aromatic nitrogens is 2. The molecule has 2 heterocycles. The number of hydrogen-bond donors (Lipinski definition) is 0. The van der Waals surface area contributed by atoms with Crippen LogP contribution in [0.5, 0.6) is 0 Å². The normalized spacial score (nSPS) is 12.2. The summed E-state index contributed by atoms with van der Waals surface area (Å²) in [5.74, 6) is 1.22. The van der Waals surface area contributed by atoms with Gasteiger partial charge in [-0.2, -0.15) is 0 Å². The number of nitrogens with zero attached hydrogens (tertiary/aromatic N) is 2. The molecule has 0 atom stereocenters. The van der Waals surface area contributed by atoms with E-state index < -0.39 is 0 Å². The number of hydrogen-bond acceptors (Lipinski definition) is 2. The molecule has 0 saturated heterocycles. The van der Waals surface area contributed by atoms with Gasteiger partial charge in [-0.15, -0.1) is 11.3 Å². The van der Waals surface area contributed by atoms with E-state index in [1.165, 1.54) is 10.6 Å². The Kier molecular flexibility index (Phi) is 3.40. The van der Waals surface area contributed by atoms with Crippen molar-refractivity contribution in [1.29, 1.82) is 0 Å². The van der Waals surface area contributed by atoms with E-state index >= 15 is 0 Å². The number of thiazole rings is 1. The summed E-state index contributed by atoms with van der Waals surface area (Å²) in [7, 11) is 0. The summed E-state index contributed by atoms with van der Waals surface area (Å²) in [5.41, 5.74) is 1.18. The Morgan fingerprint density at radius 3 is 2.56 bits per heavy atom. The smallest absolute Gasteiger partial charge is 0.195 e. The molecule has 16 heavy (non-hydrogen) atoms. The minimum absolute atomic E-state index is 0.576.